The number of para-hydroxylation sites is 6. The Bertz CT molecular complexity index is 6310. The Balaban J connectivity index is 0.710. The summed E-state index contributed by atoms with van der Waals surface area (Å²) < 4.78 is 9.56. The average Bonchev–Trinajstić information content (AvgIpc) is 1.59. The van der Waals surface area contributed by atoms with E-state index in [-0.39, 0.29) is 0 Å². The zero-order chi connectivity index (χ0) is 65.8. The van der Waals surface area contributed by atoms with Crippen molar-refractivity contribution >= 4 is 87.2 Å². The third-order valence-corrected chi connectivity index (χ3v) is 20.4. The van der Waals surface area contributed by atoms with E-state index in [0.717, 1.165) is 84.0 Å². The van der Waals surface area contributed by atoms with Gasteiger partial charge in [-0.25, -0.2) is 9.97 Å². The maximum atomic E-state index is 5.60. The Hall–Kier alpha value is -13.4. The van der Waals surface area contributed by atoms with Gasteiger partial charge in [0.15, 0.2) is 5.82 Å². The Morgan fingerprint density at radius 1 is 0.160 bits per heavy atom. The molecule has 0 radical (unpaired) electrons. The molecular formula is C94H60N6. The van der Waals surface area contributed by atoms with Gasteiger partial charge in [-0.05, 0) is 178 Å². The van der Waals surface area contributed by atoms with Gasteiger partial charge in [-0.1, -0.05) is 231 Å². The van der Waals surface area contributed by atoms with Crippen LogP contribution in [0.25, 0.3) is 188 Å². The molecule has 466 valence electrons. The van der Waals surface area contributed by atoms with Crippen LogP contribution in [0.4, 0.5) is 0 Å². The van der Waals surface area contributed by atoms with E-state index in [0.29, 0.717) is 5.82 Å². The molecule has 20 aromatic rings. The van der Waals surface area contributed by atoms with E-state index in [4.69, 9.17) is 9.97 Å². The molecule has 0 atom stereocenters. The smallest absolute Gasteiger partial charge is 0.160 e. The van der Waals surface area contributed by atoms with Crippen molar-refractivity contribution in [1.82, 2.24) is 28.2 Å². The number of fused-ring (bicyclic) bond motifs is 12. The summed E-state index contributed by atoms with van der Waals surface area (Å²) in [7, 11) is 0. The fraction of sp³-hybridized carbons (Fsp3) is 0. The first kappa shape index (κ1) is 56.9. The molecular weight excluding hydrogens is 1210 g/mol. The highest BCUT2D eigenvalue weighted by molar-refractivity contribution is 6.15. The Morgan fingerprint density at radius 3 is 0.880 bits per heavy atom. The molecule has 0 aliphatic rings. The lowest BCUT2D eigenvalue weighted by Gasteiger charge is -2.14. The van der Waals surface area contributed by atoms with E-state index in [1.807, 2.05) is 0 Å². The predicted octanol–water partition coefficient (Wildman–Crippen LogP) is 24.5. The number of nitrogens with zero attached hydrogens (tertiary/aromatic N) is 6. The van der Waals surface area contributed by atoms with Crippen LogP contribution in [0.15, 0.2) is 364 Å². The summed E-state index contributed by atoms with van der Waals surface area (Å²) in [4.78, 5) is 11.2. The first-order valence-electron chi connectivity index (χ1n) is 34.2. The molecule has 0 unspecified atom stereocenters. The van der Waals surface area contributed by atoms with Gasteiger partial charge >= 0.3 is 0 Å². The second kappa shape index (κ2) is 23.2. The van der Waals surface area contributed by atoms with E-state index in [2.05, 4.69) is 382 Å². The number of aromatic nitrogens is 6. The van der Waals surface area contributed by atoms with E-state index >= 15 is 0 Å². The highest BCUT2D eigenvalue weighted by Gasteiger charge is 2.22. The summed E-state index contributed by atoms with van der Waals surface area (Å²) in [6.07, 6.45) is 0. The third kappa shape index (κ3) is 9.34. The molecule has 0 aliphatic carbocycles. The van der Waals surface area contributed by atoms with Gasteiger partial charge in [0.1, 0.15) is 0 Å². The molecule has 6 nitrogen and oxygen atoms in total. The van der Waals surface area contributed by atoms with Crippen LogP contribution in [0.2, 0.25) is 0 Å². The lowest BCUT2D eigenvalue weighted by molar-refractivity contribution is 1.15. The van der Waals surface area contributed by atoms with Gasteiger partial charge in [-0.2, -0.15) is 0 Å². The first-order chi connectivity index (χ1) is 49.6. The lowest BCUT2D eigenvalue weighted by atomic mass is 9.93. The Morgan fingerprint density at radius 2 is 0.450 bits per heavy atom. The summed E-state index contributed by atoms with van der Waals surface area (Å²) in [5.41, 5.74) is 27.5. The monoisotopic (exact) mass is 1270 g/mol. The van der Waals surface area contributed by atoms with Crippen molar-refractivity contribution in [3.63, 3.8) is 0 Å². The van der Waals surface area contributed by atoms with E-state index in [1.54, 1.807) is 0 Å². The minimum atomic E-state index is 0.633. The minimum absolute atomic E-state index is 0.633. The SMILES string of the molecule is c1ccc(-c2ccccc2-c2cccc(-c3cc(-c4cccc(-n5c6ccccc6c6cc(-c7ccc8c(c7)c7ccccc7n8-c7ccccc7)ccc65)c4)nc(-c4cccc(-n5c6ccccc6c6cc(-c7ccc8c(c7)c7ccccc7n8-c7ccccc7)ccc65)c4)n3)c2)cc1. The van der Waals surface area contributed by atoms with Gasteiger partial charge < -0.3 is 18.3 Å². The van der Waals surface area contributed by atoms with Crippen molar-refractivity contribution in [3.8, 4) is 101 Å². The predicted molar refractivity (Wildman–Crippen MR) is 417 cm³/mol. The standard InChI is InChI=1S/C94H60N6/c1-4-23-61(24-5-1)74-35-10-11-36-75(74)66-25-20-26-67(53-66)84-60-85(68-27-21-33-72(54-68)99-88-43-18-14-39-78(88)82-58-64(47-51-92(82)99)62-45-49-90-80(56-62)76-37-12-16-41-86(76)97(90)70-29-6-2-7-30-70)96-94(95-84)69-28-22-34-73(55-69)100-89-44-19-15-40-79(89)83-59-65(48-52-93(83)100)63-46-50-91-81(57-63)77-38-13-17-42-87(77)98(91)71-31-8-3-9-32-71/h1-60H. The summed E-state index contributed by atoms with van der Waals surface area (Å²) in [5, 5.41) is 9.68. The number of rotatable bonds is 11. The van der Waals surface area contributed by atoms with Gasteiger partial charge in [0.25, 0.3) is 0 Å². The van der Waals surface area contributed by atoms with E-state index < -0.39 is 0 Å². The molecule has 0 fully saturated rings. The van der Waals surface area contributed by atoms with Gasteiger partial charge in [0.2, 0.25) is 0 Å². The molecule has 0 saturated carbocycles. The Labute approximate surface area is 577 Å². The molecule has 5 heterocycles. The van der Waals surface area contributed by atoms with Gasteiger partial charge in [0.05, 0.1) is 55.5 Å². The van der Waals surface area contributed by atoms with Gasteiger partial charge in [0, 0.05) is 82.5 Å². The molecule has 0 N–H and O–H groups in total. The molecule has 20 rings (SSSR count). The zero-order valence-corrected chi connectivity index (χ0v) is 54.3. The topological polar surface area (TPSA) is 45.5 Å². The highest BCUT2D eigenvalue weighted by Crippen LogP contribution is 2.43. The number of hydrogen-bond donors (Lipinski definition) is 0. The molecule has 0 bridgehead atoms. The molecule has 0 amide bonds. The second-order valence-electron chi connectivity index (χ2n) is 26.1. The lowest BCUT2D eigenvalue weighted by Crippen LogP contribution is -1.99. The molecule has 5 aromatic heterocycles. The number of hydrogen-bond acceptors (Lipinski definition) is 2. The normalized spacial score (nSPS) is 11.8. The van der Waals surface area contributed by atoms with E-state index in [1.165, 1.54) is 98.5 Å². The van der Waals surface area contributed by atoms with Crippen LogP contribution in [0.3, 0.4) is 0 Å². The van der Waals surface area contributed by atoms with Crippen LogP contribution < -0.4 is 0 Å². The van der Waals surface area contributed by atoms with Crippen molar-refractivity contribution in [3.05, 3.63) is 364 Å². The maximum absolute atomic E-state index is 5.60. The summed E-state index contributed by atoms with van der Waals surface area (Å²) in [6, 6.07) is 132. The van der Waals surface area contributed by atoms with Crippen LogP contribution in [0.5, 0.6) is 0 Å². The van der Waals surface area contributed by atoms with Crippen LogP contribution >= 0.6 is 0 Å². The quantitative estimate of drug-likeness (QED) is 0.130. The maximum Gasteiger partial charge on any atom is 0.160 e. The molecule has 0 aliphatic heterocycles. The summed E-state index contributed by atoms with van der Waals surface area (Å²) in [6.45, 7) is 0. The summed E-state index contributed by atoms with van der Waals surface area (Å²) >= 11 is 0. The second-order valence-corrected chi connectivity index (χ2v) is 26.1. The van der Waals surface area contributed by atoms with Crippen molar-refractivity contribution in [2.45, 2.75) is 0 Å². The van der Waals surface area contributed by atoms with Crippen LogP contribution in [-0.4, -0.2) is 28.2 Å². The third-order valence-electron chi connectivity index (χ3n) is 20.4. The van der Waals surface area contributed by atoms with Crippen molar-refractivity contribution in [1.29, 1.82) is 0 Å². The van der Waals surface area contributed by atoms with Gasteiger partial charge in [-0.15, -0.1) is 0 Å². The first-order valence-corrected chi connectivity index (χ1v) is 34.2. The van der Waals surface area contributed by atoms with Crippen LogP contribution in [0, 0.1) is 0 Å². The minimum Gasteiger partial charge on any atom is -0.309 e. The van der Waals surface area contributed by atoms with Crippen molar-refractivity contribution < 1.29 is 0 Å². The zero-order valence-electron chi connectivity index (χ0n) is 54.3. The highest BCUT2D eigenvalue weighted by atomic mass is 15.0. The summed E-state index contributed by atoms with van der Waals surface area (Å²) in [5.74, 6) is 0.633. The fourth-order valence-electron chi connectivity index (χ4n) is 15.8. The molecule has 0 spiro atoms. The van der Waals surface area contributed by atoms with Crippen LogP contribution in [0.1, 0.15) is 0 Å². The number of benzene rings is 15. The molecule has 0 saturated heterocycles. The molecule has 15 aromatic carbocycles. The van der Waals surface area contributed by atoms with Crippen molar-refractivity contribution in [2.75, 3.05) is 0 Å². The molecule has 100 heavy (non-hydrogen) atoms. The van der Waals surface area contributed by atoms with Gasteiger partial charge in [-0.3, -0.25) is 0 Å². The fourth-order valence-corrected chi connectivity index (χ4v) is 15.8. The van der Waals surface area contributed by atoms with E-state index in [9.17, 15) is 0 Å². The Kier molecular flexibility index (Phi) is 13.2. The van der Waals surface area contributed by atoms with Crippen molar-refractivity contribution in [2.24, 2.45) is 0 Å². The van der Waals surface area contributed by atoms with Crippen LogP contribution in [-0.2, 0) is 0 Å². The largest absolute Gasteiger partial charge is 0.309 e. The average molecular weight is 1270 g/mol. The molecule has 6 heteroatoms.